The molecule has 1 amide bonds. The third-order valence-corrected chi connectivity index (χ3v) is 5.75. The van der Waals surface area contributed by atoms with E-state index in [-0.39, 0.29) is 20.7 Å². The number of carbonyl (C=O) groups is 1. The summed E-state index contributed by atoms with van der Waals surface area (Å²) >= 11 is 8.19. The zero-order valence-corrected chi connectivity index (χ0v) is 17.2. The first-order valence-electron chi connectivity index (χ1n) is 8.23. The molecule has 0 radical (unpaired) electrons. The normalized spacial score (nSPS) is 24.0. The van der Waals surface area contributed by atoms with Crippen LogP contribution in [0.25, 0.3) is 0 Å². The van der Waals surface area contributed by atoms with Gasteiger partial charge in [-0.25, -0.2) is 4.39 Å². The molecule has 30 heavy (non-hydrogen) atoms. The van der Waals surface area contributed by atoms with Crippen LogP contribution in [0.15, 0.2) is 40.9 Å². The smallest absolute Gasteiger partial charge is 0.421 e. The number of halogens is 6. The van der Waals surface area contributed by atoms with Crippen molar-refractivity contribution in [1.82, 2.24) is 10.2 Å². The van der Waals surface area contributed by atoms with Crippen LogP contribution in [0.1, 0.15) is 11.1 Å². The predicted octanol–water partition coefficient (Wildman–Crippen LogP) is 4.14. The Hall–Kier alpha value is -2.47. The summed E-state index contributed by atoms with van der Waals surface area (Å²) in [6.07, 6.45) is -9.80. The molecule has 1 unspecified atom stereocenters. The van der Waals surface area contributed by atoms with Crippen LogP contribution in [0.4, 0.5) is 22.0 Å². The van der Waals surface area contributed by atoms with E-state index in [4.69, 9.17) is 12.2 Å². The second-order valence-electron chi connectivity index (χ2n) is 6.57. The lowest BCUT2D eigenvalue weighted by atomic mass is 9.82. The summed E-state index contributed by atoms with van der Waals surface area (Å²) in [4.78, 5) is 14.3. The first-order valence-corrected chi connectivity index (χ1v) is 9.43. The molecule has 12 heteroatoms. The molecular formula is C18H10BrF5N2O3S. The number of likely N-dealkylation sites (N-methyl/N-ethyl adjacent to an activating group) is 1. The second kappa shape index (κ2) is 6.51. The van der Waals surface area contributed by atoms with Crippen LogP contribution in [-0.4, -0.2) is 35.2 Å². The van der Waals surface area contributed by atoms with Gasteiger partial charge in [0, 0.05) is 7.05 Å². The standard InChI is InChI=1S/C18H10BrF5N2O3S/c1-26-14(27)16(25-15(26)30,8-2-4-11(20)10(19)6-8)9-3-5-12-13(7-9)29-18(23,24)17(21,22)28-12/h2-7H,1H3,(H,25,30). The van der Waals surface area contributed by atoms with E-state index in [2.05, 4.69) is 30.7 Å². The molecule has 158 valence electrons. The largest absolute Gasteiger partial charge is 0.507 e. The summed E-state index contributed by atoms with van der Waals surface area (Å²) in [5.41, 5.74) is -1.47. The monoisotopic (exact) mass is 508 g/mol. The maximum Gasteiger partial charge on any atom is 0.507 e. The molecule has 5 nitrogen and oxygen atoms in total. The number of thiocarbonyl (C=S) groups is 1. The van der Waals surface area contributed by atoms with Crippen LogP contribution < -0.4 is 14.8 Å². The first-order chi connectivity index (χ1) is 13.9. The lowest BCUT2D eigenvalue weighted by Crippen LogP contribution is -2.52. The summed E-state index contributed by atoms with van der Waals surface area (Å²) in [5, 5.41) is 2.84. The lowest BCUT2D eigenvalue weighted by Gasteiger charge is -2.34. The van der Waals surface area contributed by atoms with E-state index in [1.54, 1.807) is 0 Å². The van der Waals surface area contributed by atoms with Crippen LogP contribution >= 0.6 is 28.1 Å². The van der Waals surface area contributed by atoms with Gasteiger partial charge in [0.2, 0.25) is 0 Å². The highest BCUT2D eigenvalue weighted by molar-refractivity contribution is 9.10. The van der Waals surface area contributed by atoms with E-state index in [1.165, 1.54) is 25.2 Å². The SMILES string of the molecule is CN1C(=O)C(c2ccc(F)c(Br)c2)(c2ccc3c(c2)OC(F)(F)C(F)(F)O3)NC1=S. The fourth-order valence-corrected chi connectivity index (χ4v) is 3.84. The molecule has 2 aromatic carbocycles. The molecule has 0 aliphatic carbocycles. The highest BCUT2D eigenvalue weighted by Crippen LogP contribution is 2.49. The Morgan fingerprint density at radius 2 is 1.57 bits per heavy atom. The van der Waals surface area contributed by atoms with E-state index in [0.717, 1.165) is 23.1 Å². The number of hydrogen-bond acceptors (Lipinski definition) is 4. The summed E-state index contributed by atoms with van der Waals surface area (Å²) < 4.78 is 76.2. The van der Waals surface area contributed by atoms with Crippen LogP contribution in [0, 0.1) is 5.82 Å². The predicted molar refractivity (Wildman–Crippen MR) is 101 cm³/mol. The number of carbonyl (C=O) groups excluding carboxylic acids is 1. The van der Waals surface area contributed by atoms with Gasteiger partial charge in [0.25, 0.3) is 5.91 Å². The first kappa shape index (κ1) is 20.8. The van der Waals surface area contributed by atoms with Gasteiger partial charge in [-0.05, 0) is 63.5 Å². The van der Waals surface area contributed by atoms with Gasteiger partial charge in [0.1, 0.15) is 5.82 Å². The van der Waals surface area contributed by atoms with Crippen molar-refractivity contribution in [1.29, 1.82) is 0 Å². The van der Waals surface area contributed by atoms with Gasteiger partial charge < -0.3 is 14.8 Å². The number of nitrogens with zero attached hydrogens (tertiary/aromatic N) is 1. The average Bonchev–Trinajstić information content (AvgIpc) is 2.89. The third-order valence-electron chi connectivity index (χ3n) is 4.77. The average molecular weight is 509 g/mol. The van der Waals surface area contributed by atoms with Crippen molar-refractivity contribution in [2.45, 2.75) is 17.8 Å². The van der Waals surface area contributed by atoms with Gasteiger partial charge in [-0.1, -0.05) is 12.1 Å². The molecule has 2 aromatic rings. The van der Waals surface area contributed by atoms with Crippen molar-refractivity contribution in [3.05, 3.63) is 57.8 Å². The number of alkyl halides is 4. The van der Waals surface area contributed by atoms with Crippen molar-refractivity contribution in [2.75, 3.05) is 7.05 Å². The number of rotatable bonds is 2. The molecule has 0 bridgehead atoms. The molecule has 0 saturated carbocycles. The molecule has 2 aliphatic rings. The van der Waals surface area contributed by atoms with Crippen LogP contribution in [-0.2, 0) is 10.3 Å². The summed E-state index contributed by atoms with van der Waals surface area (Å²) in [6.45, 7) is 0. The van der Waals surface area contributed by atoms with E-state index in [0.29, 0.717) is 0 Å². The van der Waals surface area contributed by atoms with Gasteiger partial charge in [0.05, 0.1) is 4.47 Å². The van der Waals surface area contributed by atoms with Gasteiger partial charge in [-0.2, -0.15) is 17.6 Å². The number of ether oxygens (including phenoxy) is 2. The van der Waals surface area contributed by atoms with Crippen LogP contribution in [0.3, 0.4) is 0 Å². The van der Waals surface area contributed by atoms with Gasteiger partial charge in [-0.15, -0.1) is 0 Å². The molecule has 1 saturated heterocycles. The Bertz CT molecular complexity index is 1100. The molecule has 2 heterocycles. The van der Waals surface area contributed by atoms with Crippen molar-refractivity contribution in [2.24, 2.45) is 0 Å². The number of amides is 1. The lowest BCUT2D eigenvalue weighted by molar-refractivity contribution is -0.391. The quantitative estimate of drug-likeness (QED) is 0.488. The number of hydrogen-bond donors (Lipinski definition) is 1. The van der Waals surface area contributed by atoms with Gasteiger partial charge >= 0.3 is 12.2 Å². The highest BCUT2D eigenvalue weighted by atomic mass is 79.9. The van der Waals surface area contributed by atoms with Crippen molar-refractivity contribution >= 4 is 39.2 Å². The third kappa shape index (κ3) is 2.84. The van der Waals surface area contributed by atoms with Crippen molar-refractivity contribution < 1.29 is 36.2 Å². The molecule has 1 N–H and O–H groups in total. The number of benzene rings is 2. The molecule has 4 rings (SSSR count). The zero-order valence-electron chi connectivity index (χ0n) is 14.8. The molecule has 1 atom stereocenters. The Morgan fingerprint density at radius 3 is 2.13 bits per heavy atom. The number of nitrogens with one attached hydrogen (secondary N) is 1. The Kier molecular flexibility index (Phi) is 4.51. The minimum Gasteiger partial charge on any atom is -0.421 e. The van der Waals surface area contributed by atoms with Gasteiger partial charge in [0.15, 0.2) is 22.2 Å². The fourth-order valence-electron chi connectivity index (χ4n) is 3.23. The molecule has 2 aliphatic heterocycles. The number of fused-ring (bicyclic) bond motifs is 1. The zero-order chi connectivity index (χ0) is 22.1. The van der Waals surface area contributed by atoms with E-state index in [9.17, 15) is 26.7 Å². The van der Waals surface area contributed by atoms with Gasteiger partial charge in [-0.3, -0.25) is 9.69 Å². The van der Waals surface area contributed by atoms with E-state index < -0.39 is 41.0 Å². The topological polar surface area (TPSA) is 50.8 Å². The Morgan fingerprint density at radius 1 is 1.00 bits per heavy atom. The molecular weight excluding hydrogens is 499 g/mol. The Balaban J connectivity index is 1.91. The summed E-state index contributed by atoms with van der Waals surface area (Å²) in [6, 6.07) is 6.91. The summed E-state index contributed by atoms with van der Waals surface area (Å²) in [7, 11) is 1.39. The molecule has 1 fully saturated rings. The van der Waals surface area contributed by atoms with Crippen molar-refractivity contribution in [3.8, 4) is 11.5 Å². The van der Waals surface area contributed by atoms with Crippen molar-refractivity contribution in [3.63, 3.8) is 0 Å². The van der Waals surface area contributed by atoms with Crippen LogP contribution in [0.2, 0.25) is 0 Å². The maximum atomic E-state index is 13.8. The molecule has 0 aromatic heterocycles. The molecule has 0 spiro atoms. The van der Waals surface area contributed by atoms with E-state index >= 15 is 0 Å². The van der Waals surface area contributed by atoms with Crippen LogP contribution in [0.5, 0.6) is 11.5 Å². The highest BCUT2D eigenvalue weighted by Gasteiger charge is 2.66. The minimum absolute atomic E-state index is 0.0206. The maximum absolute atomic E-state index is 13.8. The minimum atomic E-state index is -4.93. The second-order valence-corrected chi connectivity index (χ2v) is 7.81. The fraction of sp³-hybridized carbons (Fsp3) is 0.222. The van der Waals surface area contributed by atoms with E-state index in [1.807, 2.05) is 0 Å². The Labute approximate surface area is 179 Å². The summed E-state index contributed by atoms with van der Waals surface area (Å²) in [5.74, 6) is -2.52.